The lowest BCUT2D eigenvalue weighted by Gasteiger charge is -2.32. The molecule has 0 spiro atoms. The molecule has 0 saturated carbocycles. The van der Waals surface area contributed by atoms with E-state index in [1.54, 1.807) is 12.0 Å². The Hall–Kier alpha value is -0.690. The molecule has 0 aromatic heterocycles. The highest BCUT2D eigenvalue weighted by atomic mass is 16.5. The molecule has 2 unspecified atom stereocenters. The number of nitrogens with two attached hydrogens (primary N) is 1. The minimum absolute atomic E-state index is 0.0678. The van der Waals surface area contributed by atoms with Gasteiger partial charge in [-0.2, -0.15) is 0 Å². The second-order valence-corrected chi connectivity index (χ2v) is 4.55. The molecule has 1 heterocycles. The van der Waals surface area contributed by atoms with Crippen LogP contribution < -0.4 is 5.73 Å². The first kappa shape index (κ1) is 14.4. The Morgan fingerprint density at radius 2 is 2.35 bits per heavy atom. The van der Waals surface area contributed by atoms with Crippen molar-refractivity contribution in [2.75, 3.05) is 46.6 Å². The number of carbonyl (C=O) groups excluding carboxylic acids is 1. The van der Waals surface area contributed by atoms with E-state index in [0.717, 1.165) is 0 Å². The SMILES string of the molecule is COCCN(CCO)C(=O)C1(C)COCC1N. The molecule has 17 heavy (non-hydrogen) atoms. The van der Waals surface area contributed by atoms with Gasteiger partial charge in [-0.1, -0.05) is 0 Å². The first-order valence-corrected chi connectivity index (χ1v) is 5.78. The van der Waals surface area contributed by atoms with Crippen LogP contribution in [0.5, 0.6) is 0 Å². The summed E-state index contributed by atoms with van der Waals surface area (Å²) in [5.74, 6) is -0.0754. The number of hydrogen-bond acceptors (Lipinski definition) is 5. The Morgan fingerprint density at radius 1 is 1.65 bits per heavy atom. The molecule has 1 amide bonds. The van der Waals surface area contributed by atoms with Gasteiger partial charge in [0.25, 0.3) is 0 Å². The summed E-state index contributed by atoms with van der Waals surface area (Å²) >= 11 is 0. The zero-order valence-electron chi connectivity index (χ0n) is 10.5. The fourth-order valence-electron chi connectivity index (χ4n) is 1.91. The van der Waals surface area contributed by atoms with Crippen LogP contribution in [0.15, 0.2) is 0 Å². The highest BCUT2D eigenvalue weighted by Crippen LogP contribution is 2.29. The number of nitrogens with zero attached hydrogens (tertiary/aromatic N) is 1. The second kappa shape index (κ2) is 6.30. The topological polar surface area (TPSA) is 85.0 Å². The number of carbonyl (C=O) groups is 1. The van der Waals surface area contributed by atoms with Gasteiger partial charge >= 0.3 is 0 Å². The van der Waals surface area contributed by atoms with Gasteiger partial charge in [0, 0.05) is 26.2 Å². The number of aliphatic hydroxyl groups is 1. The van der Waals surface area contributed by atoms with E-state index in [4.69, 9.17) is 20.3 Å². The fourth-order valence-corrected chi connectivity index (χ4v) is 1.91. The summed E-state index contributed by atoms with van der Waals surface area (Å²) in [4.78, 5) is 14.0. The number of methoxy groups -OCH3 is 1. The van der Waals surface area contributed by atoms with Crippen LogP contribution in [-0.2, 0) is 14.3 Å². The molecular formula is C11H22N2O4. The van der Waals surface area contributed by atoms with Crippen molar-refractivity contribution in [3.8, 4) is 0 Å². The Morgan fingerprint density at radius 3 is 2.82 bits per heavy atom. The third-order valence-electron chi connectivity index (χ3n) is 3.23. The van der Waals surface area contributed by atoms with Crippen molar-refractivity contribution in [1.29, 1.82) is 0 Å². The van der Waals surface area contributed by atoms with E-state index in [9.17, 15) is 4.79 Å². The van der Waals surface area contributed by atoms with Crippen molar-refractivity contribution in [3.05, 3.63) is 0 Å². The van der Waals surface area contributed by atoms with Crippen LogP contribution in [0, 0.1) is 5.41 Å². The summed E-state index contributed by atoms with van der Waals surface area (Å²) in [7, 11) is 1.58. The van der Waals surface area contributed by atoms with Crippen molar-refractivity contribution in [1.82, 2.24) is 4.90 Å². The van der Waals surface area contributed by atoms with Crippen LogP contribution in [0.4, 0.5) is 0 Å². The molecule has 0 bridgehead atoms. The first-order chi connectivity index (χ1) is 8.06. The quantitative estimate of drug-likeness (QED) is 0.616. The highest BCUT2D eigenvalue weighted by molar-refractivity contribution is 5.83. The number of rotatable bonds is 6. The van der Waals surface area contributed by atoms with E-state index in [-0.39, 0.29) is 18.6 Å². The van der Waals surface area contributed by atoms with E-state index in [1.165, 1.54) is 0 Å². The lowest BCUT2D eigenvalue weighted by Crippen LogP contribution is -2.52. The molecule has 1 saturated heterocycles. The Balaban J connectivity index is 2.68. The zero-order chi connectivity index (χ0) is 12.9. The molecular weight excluding hydrogens is 224 g/mol. The summed E-state index contributed by atoms with van der Waals surface area (Å²) < 4.78 is 10.2. The molecule has 3 N–H and O–H groups in total. The van der Waals surface area contributed by atoms with Gasteiger partial charge in [-0.3, -0.25) is 4.79 Å². The second-order valence-electron chi connectivity index (χ2n) is 4.55. The lowest BCUT2D eigenvalue weighted by molar-refractivity contribution is -0.143. The van der Waals surface area contributed by atoms with Crippen LogP contribution >= 0.6 is 0 Å². The van der Waals surface area contributed by atoms with Gasteiger partial charge in [0.15, 0.2) is 0 Å². The Bertz CT molecular complexity index is 262. The standard InChI is InChI=1S/C11H22N2O4/c1-11(8-17-7-9(11)12)10(15)13(3-5-14)4-6-16-2/h9,14H,3-8,12H2,1-2H3. The monoisotopic (exact) mass is 246 g/mol. The zero-order valence-corrected chi connectivity index (χ0v) is 10.5. The third-order valence-corrected chi connectivity index (χ3v) is 3.23. The molecule has 1 aliphatic rings. The molecule has 0 aromatic rings. The van der Waals surface area contributed by atoms with Crippen LogP contribution in [0.1, 0.15) is 6.92 Å². The van der Waals surface area contributed by atoms with E-state index in [0.29, 0.717) is 32.9 Å². The van der Waals surface area contributed by atoms with E-state index >= 15 is 0 Å². The van der Waals surface area contributed by atoms with Crippen LogP contribution in [0.2, 0.25) is 0 Å². The largest absolute Gasteiger partial charge is 0.395 e. The molecule has 6 heteroatoms. The maximum Gasteiger partial charge on any atom is 0.232 e. The van der Waals surface area contributed by atoms with Crippen molar-refractivity contribution >= 4 is 5.91 Å². The normalized spacial score (nSPS) is 28.4. The lowest BCUT2D eigenvalue weighted by atomic mass is 9.84. The predicted octanol–water partition coefficient (Wildman–Crippen LogP) is -1.18. The number of hydrogen-bond donors (Lipinski definition) is 2. The van der Waals surface area contributed by atoms with Gasteiger partial charge in [0.2, 0.25) is 5.91 Å². The van der Waals surface area contributed by atoms with E-state index in [2.05, 4.69) is 0 Å². The average molecular weight is 246 g/mol. The summed E-state index contributed by atoms with van der Waals surface area (Å²) in [6, 6.07) is -0.293. The molecule has 0 aromatic carbocycles. The molecule has 6 nitrogen and oxygen atoms in total. The summed E-state index contributed by atoms with van der Waals surface area (Å²) in [5, 5.41) is 8.98. The minimum Gasteiger partial charge on any atom is -0.395 e. The molecule has 100 valence electrons. The molecule has 0 radical (unpaired) electrons. The van der Waals surface area contributed by atoms with E-state index < -0.39 is 5.41 Å². The van der Waals surface area contributed by atoms with Crippen LogP contribution in [0.25, 0.3) is 0 Å². The van der Waals surface area contributed by atoms with Crippen LogP contribution in [0.3, 0.4) is 0 Å². The molecule has 1 rings (SSSR count). The van der Waals surface area contributed by atoms with Crippen molar-refractivity contribution in [3.63, 3.8) is 0 Å². The highest BCUT2D eigenvalue weighted by Gasteiger charge is 2.46. The van der Waals surface area contributed by atoms with Crippen molar-refractivity contribution in [2.24, 2.45) is 11.1 Å². The number of ether oxygens (including phenoxy) is 2. The summed E-state index contributed by atoms with van der Waals surface area (Å²) in [6.07, 6.45) is 0. The van der Waals surface area contributed by atoms with Gasteiger partial charge < -0.3 is 25.2 Å². The average Bonchev–Trinajstić information content (AvgIpc) is 2.65. The molecule has 1 fully saturated rings. The first-order valence-electron chi connectivity index (χ1n) is 5.78. The Kier molecular flexibility index (Phi) is 5.32. The maximum absolute atomic E-state index is 12.4. The molecule has 0 aliphatic carbocycles. The van der Waals surface area contributed by atoms with Crippen LogP contribution in [-0.4, -0.2) is 68.6 Å². The van der Waals surface area contributed by atoms with Crippen molar-refractivity contribution in [2.45, 2.75) is 13.0 Å². The van der Waals surface area contributed by atoms with Gasteiger partial charge in [-0.15, -0.1) is 0 Å². The fraction of sp³-hybridized carbons (Fsp3) is 0.909. The summed E-state index contributed by atoms with van der Waals surface area (Å²) in [5.41, 5.74) is 5.22. The smallest absolute Gasteiger partial charge is 0.232 e. The molecule has 2 atom stereocenters. The minimum atomic E-state index is -0.692. The summed E-state index contributed by atoms with van der Waals surface area (Å²) in [6.45, 7) is 3.67. The Labute approximate surface area is 102 Å². The van der Waals surface area contributed by atoms with Gasteiger partial charge in [0.1, 0.15) is 0 Å². The van der Waals surface area contributed by atoms with Gasteiger partial charge in [-0.25, -0.2) is 0 Å². The van der Waals surface area contributed by atoms with E-state index in [1.807, 2.05) is 6.92 Å². The molecule has 1 aliphatic heterocycles. The number of aliphatic hydroxyl groups excluding tert-OH is 1. The number of amides is 1. The third kappa shape index (κ3) is 3.16. The maximum atomic E-state index is 12.4. The van der Waals surface area contributed by atoms with Gasteiger partial charge in [-0.05, 0) is 6.92 Å². The van der Waals surface area contributed by atoms with Crippen molar-refractivity contribution < 1.29 is 19.4 Å². The van der Waals surface area contributed by atoms with Gasteiger partial charge in [0.05, 0.1) is 31.8 Å². The predicted molar refractivity (Wildman–Crippen MR) is 62.4 cm³/mol.